The number of benzene rings is 2. The van der Waals surface area contributed by atoms with Crippen molar-refractivity contribution in [1.82, 2.24) is 5.16 Å². The fourth-order valence-corrected chi connectivity index (χ4v) is 3.15. The first kappa shape index (κ1) is 18.7. The van der Waals surface area contributed by atoms with Gasteiger partial charge in [-0.2, -0.15) is 0 Å². The lowest BCUT2D eigenvalue weighted by molar-refractivity contribution is -0.384. The summed E-state index contributed by atoms with van der Waals surface area (Å²) in [5, 5.41) is 14.1. The Bertz CT molecular complexity index is 925. The topological polar surface area (TPSA) is 95.5 Å². The first-order valence-corrected chi connectivity index (χ1v) is 8.99. The minimum atomic E-state index is -0.466. The monoisotopic (exact) mass is 384 g/mol. The van der Waals surface area contributed by atoms with Gasteiger partial charge in [0, 0.05) is 28.7 Å². The number of thioether (sulfide) groups is 1. The largest absolute Gasteiger partial charge is 0.458 e. The molecular weight excluding hydrogens is 368 g/mol. The van der Waals surface area contributed by atoms with E-state index < -0.39 is 16.1 Å². The Morgan fingerprint density at radius 3 is 2.59 bits per heavy atom. The third kappa shape index (κ3) is 4.95. The number of non-ortho nitro benzene ring substituents is 1. The lowest BCUT2D eigenvalue weighted by atomic mass is 10.2. The Labute approximate surface area is 159 Å². The van der Waals surface area contributed by atoms with Crippen molar-refractivity contribution < 1.29 is 19.0 Å². The second kappa shape index (κ2) is 8.50. The fraction of sp³-hybridized carbons (Fsp3) is 0.158. The molecule has 0 radical (unpaired) electrons. The Morgan fingerprint density at radius 2 is 1.93 bits per heavy atom. The summed E-state index contributed by atoms with van der Waals surface area (Å²) < 4.78 is 10.6. The van der Waals surface area contributed by atoms with E-state index in [1.807, 2.05) is 30.3 Å². The Hall–Kier alpha value is -3.13. The van der Waals surface area contributed by atoms with Crippen LogP contribution in [-0.4, -0.2) is 21.3 Å². The van der Waals surface area contributed by atoms with Crippen molar-refractivity contribution in [2.24, 2.45) is 0 Å². The summed E-state index contributed by atoms with van der Waals surface area (Å²) in [5.74, 6) is 0.206. The number of carbonyl (C=O) groups excluding carboxylic acids is 1. The van der Waals surface area contributed by atoms with E-state index in [2.05, 4.69) is 5.16 Å². The van der Waals surface area contributed by atoms with Crippen LogP contribution in [0.4, 0.5) is 5.69 Å². The summed E-state index contributed by atoms with van der Waals surface area (Å²) in [6, 6.07) is 17.3. The number of nitro benzene ring substituents is 1. The Kier molecular flexibility index (Phi) is 5.87. The number of carbonyl (C=O) groups is 1. The van der Waals surface area contributed by atoms with Crippen LogP contribution in [0.5, 0.6) is 0 Å². The number of nitro groups is 1. The van der Waals surface area contributed by atoms with Gasteiger partial charge in [0.25, 0.3) is 5.69 Å². The smallest absolute Gasteiger partial charge is 0.319 e. The predicted molar refractivity (Wildman–Crippen MR) is 100 cm³/mol. The van der Waals surface area contributed by atoms with Gasteiger partial charge >= 0.3 is 5.97 Å². The molecule has 0 N–H and O–H groups in total. The number of hydrogen-bond acceptors (Lipinski definition) is 7. The lowest BCUT2D eigenvalue weighted by Crippen LogP contribution is -2.16. The molecule has 2 aromatic carbocycles. The van der Waals surface area contributed by atoms with Crippen LogP contribution in [0.15, 0.2) is 70.1 Å². The molecule has 0 aliphatic heterocycles. The molecule has 1 aromatic heterocycles. The molecule has 1 atom stereocenters. The molecule has 1 heterocycles. The highest BCUT2D eigenvalue weighted by Crippen LogP contribution is 2.26. The zero-order valence-electron chi connectivity index (χ0n) is 14.4. The number of esters is 1. The Morgan fingerprint density at radius 1 is 1.22 bits per heavy atom. The van der Waals surface area contributed by atoms with E-state index in [-0.39, 0.29) is 12.3 Å². The van der Waals surface area contributed by atoms with Crippen molar-refractivity contribution in [3.63, 3.8) is 0 Å². The highest BCUT2D eigenvalue weighted by Gasteiger charge is 2.18. The zero-order valence-corrected chi connectivity index (χ0v) is 15.2. The number of rotatable bonds is 7. The first-order valence-electron chi connectivity index (χ1n) is 8.11. The average molecular weight is 384 g/mol. The molecule has 0 saturated carbocycles. The molecule has 0 spiro atoms. The van der Waals surface area contributed by atoms with Gasteiger partial charge in [0.05, 0.1) is 4.92 Å². The highest BCUT2D eigenvalue weighted by atomic mass is 32.2. The second-order valence-electron chi connectivity index (χ2n) is 5.67. The maximum atomic E-state index is 12.2. The molecule has 3 rings (SSSR count). The van der Waals surface area contributed by atoms with Gasteiger partial charge in [0.2, 0.25) is 0 Å². The van der Waals surface area contributed by atoms with Crippen LogP contribution in [-0.2, 0) is 16.1 Å². The van der Waals surface area contributed by atoms with E-state index >= 15 is 0 Å². The van der Waals surface area contributed by atoms with Crippen LogP contribution < -0.4 is 0 Å². The molecule has 0 unspecified atom stereocenters. The third-order valence-electron chi connectivity index (χ3n) is 3.67. The lowest BCUT2D eigenvalue weighted by Gasteiger charge is -2.10. The summed E-state index contributed by atoms with van der Waals surface area (Å²) in [6.07, 6.45) is 0. The van der Waals surface area contributed by atoms with E-state index in [1.165, 1.54) is 23.9 Å². The molecule has 0 amide bonds. The molecule has 0 aliphatic rings. The van der Waals surface area contributed by atoms with Gasteiger partial charge in [0.1, 0.15) is 17.6 Å². The van der Waals surface area contributed by atoms with Crippen LogP contribution in [0.1, 0.15) is 12.6 Å². The molecule has 0 bridgehead atoms. The molecule has 0 aliphatic carbocycles. The zero-order chi connectivity index (χ0) is 19.2. The molecule has 0 fully saturated rings. The van der Waals surface area contributed by atoms with Gasteiger partial charge in [-0.3, -0.25) is 14.9 Å². The predicted octanol–water partition coefficient (Wildman–Crippen LogP) is 4.47. The third-order valence-corrected chi connectivity index (χ3v) is 4.76. The van der Waals surface area contributed by atoms with Crippen molar-refractivity contribution in [2.45, 2.75) is 23.7 Å². The number of aromatic nitrogens is 1. The molecule has 7 nitrogen and oxygen atoms in total. The van der Waals surface area contributed by atoms with Crippen LogP contribution in [0.3, 0.4) is 0 Å². The summed E-state index contributed by atoms with van der Waals surface area (Å²) in [5.41, 5.74) is 1.43. The van der Waals surface area contributed by atoms with E-state index in [1.54, 1.807) is 25.1 Å². The maximum absolute atomic E-state index is 12.2. The van der Waals surface area contributed by atoms with E-state index in [0.717, 1.165) is 10.5 Å². The number of hydrogen-bond donors (Lipinski definition) is 0. The van der Waals surface area contributed by atoms with Gasteiger partial charge in [-0.1, -0.05) is 35.5 Å². The standard InChI is InChI=1S/C19H16N2O5S/c1-13(27-17-9-7-16(8-10-17)21(23)24)19(22)25-12-15-11-18(26-20-15)14-5-3-2-4-6-14/h2-11,13H,12H2,1H3/t13-/m1/s1. The van der Waals surface area contributed by atoms with Crippen molar-refractivity contribution in [3.05, 3.63) is 76.5 Å². The summed E-state index contributed by atoms with van der Waals surface area (Å²) >= 11 is 1.27. The van der Waals surface area contributed by atoms with Gasteiger partial charge in [-0.15, -0.1) is 11.8 Å². The van der Waals surface area contributed by atoms with Crippen LogP contribution >= 0.6 is 11.8 Å². The number of ether oxygens (including phenoxy) is 1. The van der Waals surface area contributed by atoms with E-state index in [9.17, 15) is 14.9 Å². The minimum Gasteiger partial charge on any atom is -0.458 e. The Balaban J connectivity index is 1.53. The SMILES string of the molecule is C[C@@H](Sc1ccc([N+](=O)[O-])cc1)C(=O)OCc1cc(-c2ccccc2)on1. The molecule has 27 heavy (non-hydrogen) atoms. The van der Waals surface area contributed by atoms with Crippen molar-refractivity contribution in [3.8, 4) is 11.3 Å². The van der Waals surface area contributed by atoms with Crippen LogP contribution in [0.25, 0.3) is 11.3 Å². The van der Waals surface area contributed by atoms with E-state index in [0.29, 0.717) is 11.5 Å². The summed E-state index contributed by atoms with van der Waals surface area (Å²) in [4.78, 5) is 23.1. The normalized spacial score (nSPS) is 11.7. The summed E-state index contributed by atoms with van der Waals surface area (Å²) in [6.45, 7) is 1.73. The van der Waals surface area contributed by atoms with Crippen molar-refractivity contribution in [2.75, 3.05) is 0 Å². The summed E-state index contributed by atoms with van der Waals surface area (Å²) in [7, 11) is 0. The second-order valence-corrected chi connectivity index (χ2v) is 7.08. The molecule has 3 aromatic rings. The van der Waals surface area contributed by atoms with Crippen molar-refractivity contribution in [1.29, 1.82) is 0 Å². The van der Waals surface area contributed by atoms with Crippen LogP contribution in [0.2, 0.25) is 0 Å². The molecule has 138 valence electrons. The molecule has 0 saturated heterocycles. The maximum Gasteiger partial charge on any atom is 0.319 e. The van der Waals surface area contributed by atoms with Crippen LogP contribution in [0, 0.1) is 10.1 Å². The van der Waals surface area contributed by atoms with Gasteiger partial charge in [0.15, 0.2) is 5.76 Å². The quantitative estimate of drug-likeness (QED) is 0.256. The van der Waals surface area contributed by atoms with Gasteiger partial charge in [-0.05, 0) is 19.1 Å². The number of nitrogens with zero attached hydrogens (tertiary/aromatic N) is 2. The van der Waals surface area contributed by atoms with Gasteiger partial charge < -0.3 is 9.26 Å². The average Bonchev–Trinajstić information content (AvgIpc) is 3.16. The molecule has 8 heteroatoms. The van der Waals surface area contributed by atoms with Gasteiger partial charge in [-0.25, -0.2) is 0 Å². The highest BCUT2D eigenvalue weighted by molar-refractivity contribution is 8.00. The van der Waals surface area contributed by atoms with Crippen molar-refractivity contribution >= 4 is 23.4 Å². The first-order chi connectivity index (χ1) is 13.0. The molecular formula is C19H16N2O5S. The minimum absolute atomic E-state index is 0.00910. The fourth-order valence-electron chi connectivity index (χ4n) is 2.28. The van der Waals surface area contributed by atoms with E-state index in [4.69, 9.17) is 9.26 Å².